The number of allylic oxidation sites excluding steroid dienone is 4. The monoisotopic (exact) mass is 367 g/mol. The summed E-state index contributed by atoms with van der Waals surface area (Å²) in [6.45, 7) is 9.18. The van der Waals surface area contributed by atoms with Gasteiger partial charge in [0.05, 0.1) is 23.0 Å². The summed E-state index contributed by atoms with van der Waals surface area (Å²) in [5.41, 5.74) is 8.02. The molecule has 6 nitrogen and oxygen atoms in total. The molecule has 1 aliphatic heterocycles. The molecule has 142 valence electrons. The van der Waals surface area contributed by atoms with Gasteiger partial charge in [-0.15, -0.1) is 0 Å². The van der Waals surface area contributed by atoms with Gasteiger partial charge in [0.1, 0.15) is 0 Å². The minimum atomic E-state index is -0.265. The third-order valence-corrected chi connectivity index (χ3v) is 4.31. The first-order valence-corrected chi connectivity index (χ1v) is 8.74. The van der Waals surface area contributed by atoms with Crippen LogP contribution in [0.1, 0.15) is 47.9 Å². The van der Waals surface area contributed by atoms with Crippen molar-refractivity contribution >= 4 is 17.5 Å². The molecular weight excluding hydrogens is 342 g/mol. The molecule has 2 rings (SSSR count). The zero-order valence-corrected chi connectivity index (χ0v) is 15.9. The highest BCUT2D eigenvalue weighted by atomic mass is 16.5. The zero-order chi connectivity index (χ0) is 20.1. The van der Waals surface area contributed by atoms with Gasteiger partial charge >= 0.3 is 0 Å². The molecule has 6 heteroatoms. The van der Waals surface area contributed by atoms with Gasteiger partial charge in [-0.05, 0) is 45.1 Å². The number of imide groups is 1. The number of amides is 2. The number of carbonyl (C=O) groups is 2. The van der Waals surface area contributed by atoms with Gasteiger partial charge in [-0.1, -0.05) is 18.7 Å². The third kappa shape index (κ3) is 4.53. The molecule has 0 saturated heterocycles. The Balaban J connectivity index is 1.99. The van der Waals surface area contributed by atoms with Crippen LogP contribution in [0.2, 0.25) is 0 Å². The number of nitrogens with one attached hydrogen (secondary N) is 1. The van der Waals surface area contributed by atoms with Crippen LogP contribution in [0, 0.1) is 5.41 Å². The number of benzene rings is 1. The Labute approximate surface area is 159 Å². The van der Waals surface area contributed by atoms with Gasteiger partial charge in [-0.2, -0.15) is 0 Å². The van der Waals surface area contributed by atoms with E-state index < -0.39 is 0 Å². The van der Waals surface area contributed by atoms with E-state index in [0.29, 0.717) is 40.3 Å². The number of hydrogen-bond donors (Lipinski definition) is 2. The zero-order valence-electron chi connectivity index (χ0n) is 15.9. The van der Waals surface area contributed by atoms with Crippen LogP contribution < -0.4 is 5.73 Å². The summed E-state index contributed by atoms with van der Waals surface area (Å²) < 4.78 is 5.82. The van der Waals surface area contributed by atoms with Crippen molar-refractivity contribution in [2.45, 2.75) is 33.3 Å². The number of ether oxygens (including phenoxy) is 1. The normalized spacial score (nSPS) is 16.0. The minimum Gasteiger partial charge on any atom is -0.495 e. The molecule has 0 bridgehead atoms. The average molecular weight is 367 g/mol. The van der Waals surface area contributed by atoms with Crippen molar-refractivity contribution < 1.29 is 14.3 Å². The summed E-state index contributed by atoms with van der Waals surface area (Å²) in [5.74, 6) is 0.0632. The van der Waals surface area contributed by atoms with Crippen molar-refractivity contribution in [1.29, 1.82) is 5.41 Å². The van der Waals surface area contributed by atoms with Crippen molar-refractivity contribution in [3.63, 3.8) is 0 Å². The highest BCUT2D eigenvalue weighted by Crippen LogP contribution is 2.23. The number of hydrogen-bond acceptors (Lipinski definition) is 5. The lowest BCUT2D eigenvalue weighted by Crippen LogP contribution is -2.32. The first kappa shape index (κ1) is 20.2. The first-order valence-electron chi connectivity index (χ1n) is 8.74. The van der Waals surface area contributed by atoms with Crippen molar-refractivity contribution in [3.8, 4) is 0 Å². The quantitative estimate of drug-likeness (QED) is 0.318. The van der Waals surface area contributed by atoms with Gasteiger partial charge in [-0.25, -0.2) is 0 Å². The van der Waals surface area contributed by atoms with Crippen LogP contribution in [-0.4, -0.2) is 35.1 Å². The Kier molecular flexibility index (Phi) is 6.34. The minimum absolute atomic E-state index is 0.220. The van der Waals surface area contributed by atoms with Gasteiger partial charge in [0, 0.05) is 29.9 Å². The summed E-state index contributed by atoms with van der Waals surface area (Å²) in [7, 11) is 0. The molecule has 1 unspecified atom stereocenters. The number of nitrogens with zero attached hydrogens (tertiary/aromatic N) is 1. The Bertz CT molecular complexity index is 817. The Morgan fingerprint density at radius 3 is 2.30 bits per heavy atom. The van der Waals surface area contributed by atoms with E-state index in [0.717, 1.165) is 0 Å². The molecule has 0 aliphatic carbocycles. The standard InChI is InChI=1S/C21H25N3O3/c1-5-19(23)18(15(4)22)12-14(3)27-13(2)10-11-24-20(25)16-8-6-7-9-17(16)21(24)26/h5-9,12-13,22H,1,10-11,23H2,2-4H3/b14-12+,19-18-,22-15?. The van der Waals surface area contributed by atoms with E-state index in [1.807, 2.05) is 6.92 Å². The summed E-state index contributed by atoms with van der Waals surface area (Å²) in [6, 6.07) is 6.83. The predicted molar refractivity (Wildman–Crippen MR) is 106 cm³/mol. The van der Waals surface area contributed by atoms with Gasteiger partial charge < -0.3 is 15.9 Å². The highest BCUT2D eigenvalue weighted by Gasteiger charge is 2.34. The van der Waals surface area contributed by atoms with Crippen LogP contribution in [0.4, 0.5) is 0 Å². The molecule has 0 aromatic heterocycles. The molecule has 0 radical (unpaired) electrons. The maximum atomic E-state index is 12.4. The average Bonchev–Trinajstić information content (AvgIpc) is 2.88. The second-order valence-electron chi connectivity index (χ2n) is 6.48. The Morgan fingerprint density at radius 1 is 1.26 bits per heavy atom. The van der Waals surface area contributed by atoms with E-state index in [2.05, 4.69) is 6.58 Å². The second-order valence-corrected chi connectivity index (χ2v) is 6.48. The van der Waals surface area contributed by atoms with Crippen LogP contribution in [0.25, 0.3) is 0 Å². The topological polar surface area (TPSA) is 96.5 Å². The van der Waals surface area contributed by atoms with E-state index in [9.17, 15) is 9.59 Å². The van der Waals surface area contributed by atoms with Crippen molar-refractivity contribution in [2.75, 3.05) is 6.54 Å². The van der Waals surface area contributed by atoms with E-state index in [-0.39, 0.29) is 24.5 Å². The van der Waals surface area contributed by atoms with E-state index >= 15 is 0 Å². The van der Waals surface area contributed by atoms with E-state index in [1.165, 1.54) is 11.0 Å². The summed E-state index contributed by atoms with van der Waals surface area (Å²) in [6.07, 6.45) is 3.46. The number of fused-ring (bicyclic) bond motifs is 1. The molecule has 2 amide bonds. The molecule has 3 N–H and O–H groups in total. The number of nitrogens with two attached hydrogens (primary N) is 1. The lowest BCUT2D eigenvalue weighted by Gasteiger charge is -2.19. The second kappa shape index (κ2) is 8.49. The molecule has 1 aromatic carbocycles. The predicted octanol–water partition coefficient (Wildman–Crippen LogP) is 3.42. The fraction of sp³-hybridized carbons (Fsp3) is 0.286. The van der Waals surface area contributed by atoms with Crippen molar-refractivity contribution in [2.24, 2.45) is 5.73 Å². The number of carbonyl (C=O) groups excluding carboxylic acids is 2. The highest BCUT2D eigenvalue weighted by molar-refractivity contribution is 6.21. The molecule has 1 atom stereocenters. The molecule has 1 aromatic rings. The number of rotatable bonds is 8. The van der Waals surface area contributed by atoms with Crippen LogP contribution in [0.15, 0.2) is 60.0 Å². The molecule has 0 spiro atoms. The third-order valence-electron chi connectivity index (χ3n) is 4.31. The molecule has 1 aliphatic rings. The van der Waals surface area contributed by atoms with Gasteiger partial charge in [-0.3, -0.25) is 14.5 Å². The SMILES string of the molecule is C=C/C(N)=C(\C=C(/C)OC(C)CCN1C(=O)c2ccccc2C1=O)C(C)=N. The van der Waals surface area contributed by atoms with Crippen LogP contribution in [0.3, 0.4) is 0 Å². The van der Waals surface area contributed by atoms with E-state index in [4.69, 9.17) is 15.9 Å². The van der Waals surface area contributed by atoms with Crippen LogP contribution in [-0.2, 0) is 4.74 Å². The van der Waals surface area contributed by atoms with Crippen molar-refractivity contribution in [1.82, 2.24) is 4.90 Å². The van der Waals surface area contributed by atoms with E-state index in [1.54, 1.807) is 44.2 Å². The van der Waals surface area contributed by atoms with Gasteiger partial charge in [0.2, 0.25) is 0 Å². The molecular formula is C21H25N3O3. The maximum absolute atomic E-state index is 12.4. The summed E-state index contributed by atoms with van der Waals surface area (Å²) in [4.78, 5) is 26.0. The van der Waals surface area contributed by atoms with Gasteiger partial charge in [0.25, 0.3) is 11.8 Å². The van der Waals surface area contributed by atoms with Crippen molar-refractivity contribution in [3.05, 3.63) is 71.2 Å². The smallest absolute Gasteiger partial charge is 0.261 e. The fourth-order valence-electron chi connectivity index (χ4n) is 2.88. The van der Waals surface area contributed by atoms with Crippen LogP contribution in [0.5, 0.6) is 0 Å². The lowest BCUT2D eigenvalue weighted by atomic mass is 10.1. The molecule has 0 saturated carbocycles. The maximum Gasteiger partial charge on any atom is 0.261 e. The molecule has 0 fully saturated rings. The van der Waals surface area contributed by atoms with Crippen LogP contribution >= 0.6 is 0 Å². The molecule has 1 heterocycles. The summed E-state index contributed by atoms with van der Waals surface area (Å²) >= 11 is 0. The first-order chi connectivity index (χ1) is 12.8. The largest absolute Gasteiger partial charge is 0.495 e. The Morgan fingerprint density at radius 2 is 1.81 bits per heavy atom. The summed E-state index contributed by atoms with van der Waals surface area (Å²) in [5, 5.41) is 7.80. The molecule has 27 heavy (non-hydrogen) atoms. The lowest BCUT2D eigenvalue weighted by molar-refractivity contribution is 0.0609. The Hall–Kier alpha value is -3.15. The van der Waals surface area contributed by atoms with Gasteiger partial charge in [0.15, 0.2) is 0 Å². The fourth-order valence-corrected chi connectivity index (χ4v) is 2.88.